The molecule has 1 atom stereocenters. The highest BCUT2D eigenvalue weighted by Crippen LogP contribution is 2.18. The monoisotopic (exact) mass is 1090 g/mol. The number of carbonyl (C=O) groups is 3. The van der Waals surface area contributed by atoms with E-state index in [0.29, 0.717) is 19.3 Å². The van der Waals surface area contributed by atoms with Crippen LogP contribution >= 0.6 is 0 Å². The second kappa shape index (κ2) is 66.9. The summed E-state index contributed by atoms with van der Waals surface area (Å²) < 4.78 is 16.9. The largest absolute Gasteiger partial charge is 0.462 e. The summed E-state index contributed by atoms with van der Waals surface area (Å²) in [6.45, 7) is 6.62. The molecule has 6 heteroatoms. The van der Waals surface area contributed by atoms with Crippen LogP contribution in [-0.4, -0.2) is 37.2 Å². The van der Waals surface area contributed by atoms with Crippen molar-refractivity contribution in [2.24, 2.45) is 0 Å². The topological polar surface area (TPSA) is 78.9 Å². The molecule has 0 aromatic rings. The molecule has 0 heterocycles. The van der Waals surface area contributed by atoms with Crippen LogP contribution in [0.5, 0.6) is 0 Å². The maximum absolute atomic E-state index is 12.9. The summed E-state index contributed by atoms with van der Waals surface area (Å²) in [5.74, 6) is -0.887. The van der Waals surface area contributed by atoms with Gasteiger partial charge >= 0.3 is 17.9 Å². The van der Waals surface area contributed by atoms with E-state index < -0.39 is 6.10 Å². The summed E-state index contributed by atoms with van der Waals surface area (Å²) >= 11 is 0. The molecule has 0 fully saturated rings. The molecule has 0 aliphatic heterocycles. The van der Waals surface area contributed by atoms with Gasteiger partial charge in [0.2, 0.25) is 0 Å². The minimum absolute atomic E-state index is 0.0801. The minimum Gasteiger partial charge on any atom is -0.462 e. The van der Waals surface area contributed by atoms with Crippen molar-refractivity contribution in [2.75, 3.05) is 13.2 Å². The number of ether oxygens (including phenoxy) is 3. The lowest BCUT2D eigenvalue weighted by Gasteiger charge is -2.18. The van der Waals surface area contributed by atoms with E-state index in [2.05, 4.69) is 69.4 Å². The Morgan fingerprint density at radius 3 is 0.756 bits per heavy atom. The van der Waals surface area contributed by atoms with Gasteiger partial charge in [-0.2, -0.15) is 0 Å². The Balaban J connectivity index is 4.17. The Hall–Kier alpha value is -2.63. The van der Waals surface area contributed by atoms with Crippen LogP contribution in [0.4, 0.5) is 0 Å². The quantitative estimate of drug-likeness (QED) is 0.0261. The van der Waals surface area contributed by atoms with Crippen LogP contribution < -0.4 is 0 Å². The van der Waals surface area contributed by atoms with Crippen LogP contribution in [-0.2, 0) is 28.6 Å². The van der Waals surface area contributed by atoms with E-state index in [1.165, 1.54) is 231 Å². The molecule has 0 N–H and O–H groups in total. The lowest BCUT2D eigenvalue weighted by molar-refractivity contribution is -0.167. The summed E-state index contributed by atoms with van der Waals surface area (Å²) in [4.78, 5) is 38.3. The lowest BCUT2D eigenvalue weighted by Crippen LogP contribution is -2.30. The highest BCUT2D eigenvalue weighted by Gasteiger charge is 2.19. The second-order valence-electron chi connectivity index (χ2n) is 23.4. The first-order chi connectivity index (χ1) is 38.5. The Morgan fingerprint density at radius 2 is 0.474 bits per heavy atom. The number of rotatable bonds is 64. The number of allylic oxidation sites excluding steroid dienone is 8. The van der Waals surface area contributed by atoms with Crippen LogP contribution in [0.15, 0.2) is 48.6 Å². The fraction of sp³-hybridized carbons (Fsp3) is 0.847. The van der Waals surface area contributed by atoms with Crippen molar-refractivity contribution in [3.63, 3.8) is 0 Å². The molecular formula is C72H132O6. The predicted octanol–water partition coefficient (Wildman–Crippen LogP) is 23.7. The Kier molecular flexibility index (Phi) is 64.6. The van der Waals surface area contributed by atoms with Crippen LogP contribution in [0.3, 0.4) is 0 Å². The molecule has 0 aliphatic rings. The van der Waals surface area contributed by atoms with Gasteiger partial charge in [0.25, 0.3) is 0 Å². The highest BCUT2D eigenvalue weighted by atomic mass is 16.6. The second-order valence-corrected chi connectivity index (χ2v) is 23.4. The van der Waals surface area contributed by atoms with Crippen molar-refractivity contribution in [1.29, 1.82) is 0 Å². The molecule has 0 bridgehead atoms. The fourth-order valence-electron chi connectivity index (χ4n) is 10.3. The predicted molar refractivity (Wildman–Crippen MR) is 339 cm³/mol. The van der Waals surface area contributed by atoms with Gasteiger partial charge in [-0.1, -0.05) is 326 Å². The van der Waals surface area contributed by atoms with E-state index in [4.69, 9.17) is 14.2 Å². The molecule has 0 saturated carbocycles. The molecule has 78 heavy (non-hydrogen) atoms. The van der Waals surface area contributed by atoms with Crippen molar-refractivity contribution in [3.8, 4) is 0 Å². The molecule has 0 radical (unpaired) electrons. The van der Waals surface area contributed by atoms with Crippen LogP contribution in [0, 0.1) is 0 Å². The van der Waals surface area contributed by atoms with Crippen molar-refractivity contribution in [1.82, 2.24) is 0 Å². The fourth-order valence-corrected chi connectivity index (χ4v) is 10.3. The SMILES string of the molecule is CCCC/C=C\C/C=C\CCCCCCCC(=O)OCC(COC(=O)CCCCCCCCCCCCCCCCCCCCCCCCCCCCCCCC)OC(=O)CCCCCCC/C=C\C/C=C\CCCCCC. The van der Waals surface area contributed by atoms with Crippen LogP contribution in [0.1, 0.15) is 374 Å². The van der Waals surface area contributed by atoms with Crippen LogP contribution in [0.25, 0.3) is 0 Å². The van der Waals surface area contributed by atoms with Gasteiger partial charge in [-0.15, -0.1) is 0 Å². The Labute approximate surface area is 486 Å². The summed E-state index contributed by atoms with van der Waals surface area (Å²) in [5.41, 5.74) is 0. The zero-order valence-electron chi connectivity index (χ0n) is 52.5. The Bertz CT molecular complexity index is 1350. The van der Waals surface area contributed by atoms with Crippen LogP contribution in [0.2, 0.25) is 0 Å². The summed E-state index contributed by atoms with van der Waals surface area (Å²) in [6.07, 6.45) is 84.3. The van der Waals surface area contributed by atoms with E-state index >= 15 is 0 Å². The van der Waals surface area contributed by atoms with Gasteiger partial charge in [-0.05, 0) is 77.0 Å². The van der Waals surface area contributed by atoms with E-state index in [-0.39, 0.29) is 31.1 Å². The molecule has 0 rings (SSSR count). The molecule has 0 saturated heterocycles. The number of unbranched alkanes of at least 4 members (excludes halogenated alkanes) is 45. The van der Waals surface area contributed by atoms with E-state index in [1.807, 2.05) is 0 Å². The third-order valence-corrected chi connectivity index (χ3v) is 15.6. The third kappa shape index (κ3) is 64.2. The minimum atomic E-state index is -0.786. The van der Waals surface area contributed by atoms with Crippen molar-refractivity contribution < 1.29 is 28.6 Å². The normalized spacial score (nSPS) is 12.3. The number of hydrogen-bond acceptors (Lipinski definition) is 6. The molecule has 456 valence electrons. The Morgan fingerprint density at radius 1 is 0.256 bits per heavy atom. The standard InChI is InChI=1S/C72H132O6/c1-4-7-10-13-16-19-22-25-28-30-31-32-33-34-35-36-37-38-39-40-41-42-43-45-47-50-53-56-59-62-65-71(74)77-68-69(67-76-70(73)64-61-58-55-52-49-46-27-24-21-18-15-12-9-6-3)78-72(75)66-63-60-57-54-51-48-44-29-26-23-20-17-14-11-8-5-2/h15,18,20,23-24,27,29,44,69H,4-14,16-17,19,21-22,25-26,28,30-43,45-68H2,1-3H3/b18-15-,23-20-,27-24-,44-29-. The van der Waals surface area contributed by atoms with Gasteiger partial charge in [-0.25, -0.2) is 0 Å². The van der Waals surface area contributed by atoms with Gasteiger partial charge in [-0.3, -0.25) is 14.4 Å². The first-order valence-electron chi connectivity index (χ1n) is 34.6. The molecule has 0 aromatic carbocycles. The van der Waals surface area contributed by atoms with Gasteiger partial charge in [0, 0.05) is 19.3 Å². The maximum Gasteiger partial charge on any atom is 0.306 e. The summed E-state index contributed by atoms with van der Waals surface area (Å²) in [6, 6.07) is 0. The molecule has 0 spiro atoms. The maximum atomic E-state index is 12.9. The van der Waals surface area contributed by atoms with Crippen molar-refractivity contribution in [2.45, 2.75) is 380 Å². The first-order valence-corrected chi connectivity index (χ1v) is 34.6. The summed E-state index contributed by atoms with van der Waals surface area (Å²) in [7, 11) is 0. The molecule has 6 nitrogen and oxygen atoms in total. The molecule has 0 amide bonds. The number of carbonyl (C=O) groups excluding carboxylic acids is 3. The van der Waals surface area contributed by atoms with E-state index in [9.17, 15) is 14.4 Å². The third-order valence-electron chi connectivity index (χ3n) is 15.6. The lowest BCUT2D eigenvalue weighted by atomic mass is 10.0. The molecule has 0 aliphatic carbocycles. The first kappa shape index (κ1) is 75.4. The highest BCUT2D eigenvalue weighted by molar-refractivity contribution is 5.71. The average molecular weight is 1090 g/mol. The number of hydrogen-bond donors (Lipinski definition) is 0. The summed E-state index contributed by atoms with van der Waals surface area (Å²) in [5, 5.41) is 0. The van der Waals surface area contributed by atoms with Gasteiger partial charge in [0.05, 0.1) is 0 Å². The molecule has 1 unspecified atom stereocenters. The smallest absolute Gasteiger partial charge is 0.306 e. The number of esters is 3. The van der Waals surface area contributed by atoms with Crippen molar-refractivity contribution in [3.05, 3.63) is 48.6 Å². The van der Waals surface area contributed by atoms with E-state index in [0.717, 1.165) is 103 Å². The van der Waals surface area contributed by atoms with Gasteiger partial charge in [0.15, 0.2) is 6.10 Å². The van der Waals surface area contributed by atoms with E-state index in [1.54, 1.807) is 0 Å². The zero-order chi connectivity index (χ0) is 56.4. The van der Waals surface area contributed by atoms with Crippen molar-refractivity contribution >= 4 is 17.9 Å². The molecule has 0 aromatic heterocycles. The van der Waals surface area contributed by atoms with Gasteiger partial charge in [0.1, 0.15) is 13.2 Å². The zero-order valence-corrected chi connectivity index (χ0v) is 52.5. The van der Waals surface area contributed by atoms with Gasteiger partial charge < -0.3 is 14.2 Å². The average Bonchev–Trinajstić information content (AvgIpc) is 3.44. The molecular weight excluding hydrogens is 961 g/mol.